The summed E-state index contributed by atoms with van der Waals surface area (Å²) in [5.41, 5.74) is -0.721. The molecule has 0 bridgehead atoms. The van der Waals surface area contributed by atoms with Gasteiger partial charge in [-0.25, -0.2) is 14.2 Å². The number of alkyl halides is 1. The van der Waals surface area contributed by atoms with Crippen LogP contribution in [0.3, 0.4) is 0 Å². The largest absolute Gasteiger partial charge is 0.444 e. The molecule has 0 saturated carbocycles. The van der Waals surface area contributed by atoms with Gasteiger partial charge < -0.3 is 10.1 Å². The van der Waals surface area contributed by atoms with Crippen molar-refractivity contribution < 1.29 is 18.7 Å². The quantitative estimate of drug-likeness (QED) is 0.838. The second-order valence-electron chi connectivity index (χ2n) is 6.32. The Bertz CT molecular complexity index is 606. The first-order valence-electron chi connectivity index (χ1n) is 7.23. The molecule has 23 heavy (non-hydrogen) atoms. The van der Waals surface area contributed by atoms with Crippen LogP contribution in [0.15, 0.2) is 18.2 Å². The van der Waals surface area contributed by atoms with E-state index in [0.29, 0.717) is 0 Å². The molecule has 1 aromatic heterocycles. The van der Waals surface area contributed by atoms with Crippen molar-refractivity contribution in [2.75, 3.05) is 11.9 Å². The zero-order valence-electron chi connectivity index (χ0n) is 13.2. The lowest BCUT2D eigenvalue weighted by molar-refractivity contribution is -0.120. The minimum absolute atomic E-state index is 0.0777. The van der Waals surface area contributed by atoms with E-state index in [1.807, 2.05) is 0 Å². The van der Waals surface area contributed by atoms with Gasteiger partial charge in [0.25, 0.3) is 0 Å². The molecule has 1 N–H and O–H groups in total. The van der Waals surface area contributed by atoms with Gasteiger partial charge >= 0.3 is 6.09 Å². The summed E-state index contributed by atoms with van der Waals surface area (Å²) in [6, 6.07) is 3.81. The van der Waals surface area contributed by atoms with Crippen LogP contribution in [0.25, 0.3) is 0 Å². The highest BCUT2D eigenvalue weighted by atomic mass is 35.5. The Morgan fingerprint density at radius 2 is 2.13 bits per heavy atom. The second kappa shape index (κ2) is 6.70. The lowest BCUT2D eigenvalue weighted by Crippen LogP contribution is -2.45. The van der Waals surface area contributed by atoms with E-state index in [2.05, 4.69) is 10.3 Å². The van der Waals surface area contributed by atoms with E-state index < -0.39 is 29.8 Å². The molecule has 0 spiro atoms. The highest BCUT2D eigenvalue weighted by Gasteiger charge is 2.41. The maximum atomic E-state index is 13.7. The number of rotatable bonds is 2. The van der Waals surface area contributed by atoms with Crippen LogP contribution in [0.4, 0.5) is 15.0 Å². The molecule has 0 aromatic carbocycles. The SMILES string of the molecule is CC(C)(C)OC(=O)N1CC(F)CC1C(=O)Nc1cccc(Cl)n1. The van der Waals surface area contributed by atoms with E-state index in [0.717, 1.165) is 4.90 Å². The summed E-state index contributed by atoms with van der Waals surface area (Å²) in [5.74, 6) is -0.278. The molecule has 2 rings (SSSR count). The van der Waals surface area contributed by atoms with Crippen LogP contribution in [0.5, 0.6) is 0 Å². The Labute approximate surface area is 139 Å². The van der Waals surface area contributed by atoms with Crippen molar-refractivity contribution in [2.45, 2.75) is 45.0 Å². The monoisotopic (exact) mass is 343 g/mol. The fourth-order valence-electron chi connectivity index (χ4n) is 2.24. The number of nitrogens with one attached hydrogen (secondary N) is 1. The first kappa shape index (κ1) is 17.5. The maximum Gasteiger partial charge on any atom is 0.411 e. The van der Waals surface area contributed by atoms with Crippen LogP contribution < -0.4 is 5.32 Å². The van der Waals surface area contributed by atoms with Crippen LogP contribution in [0.1, 0.15) is 27.2 Å². The van der Waals surface area contributed by atoms with Gasteiger partial charge in [-0.15, -0.1) is 0 Å². The highest BCUT2D eigenvalue weighted by molar-refractivity contribution is 6.29. The van der Waals surface area contributed by atoms with Gasteiger partial charge in [0.15, 0.2) is 0 Å². The van der Waals surface area contributed by atoms with E-state index in [1.54, 1.807) is 39.0 Å². The number of halogens is 2. The van der Waals surface area contributed by atoms with Crippen molar-refractivity contribution >= 4 is 29.4 Å². The number of ether oxygens (including phenoxy) is 1. The van der Waals surface area contributed by atoms with Crippen molar-refractivity contribution in [1.82, 2.24) is 9.88 Å². The average Bonchev–Trinajstić information content (AvgIpc) is 2.79. The van der Waals surface area contributed by atoms with E-state index in [9.17, 15) is 14.0 Å². The number of aromatic nitrogens is 1. The third-order valence-corrected chi connectivity index (χ3v) is 3.36. The molecule has 1 aromatic rings. The maximum absolute atomic E-state index is 13.7. The van der Waals surface area contributed by atoms with E-state index >= 15 is 0 Å². The summed E-state index contributed by atoms with van der Waals surface area (Å²) in [7, 11) is 0. The zero-order chi connectivity index (χ0) is 17.2. The fraction of sp³-hybridized carbons (Fsp3) is 0.533. The minimum atomic E-state index is -1.27. The molecule has 126 valence electrons. The molecule has 0 aliphatic carbocycles. The molecule has 2 atom stereocenters. The van der Waals surface area contributed by atoms with Gasteiger partial charge in [0, 0.05) is 6.42 Å². The molecule has 1 fully saturated rings. The lowest BCUT2D eigenvalue weighted by atomic mass is 10.2. The smallest absolute Gasteiger partial charge is 0.411 e. The van der Waals surface area contributed by atoms with Crippen LogP contribution in [-0.2, 0) is 9.53 Å². The number of nitrogens with zero attached hydrogens (tertiary/aromatic N) is 2. The van der Waals surface area contributed by atoms with Crippen molar-refractivity contribution in [1.29, 1.82) is 0 Å². The standard InChI is InChI=1S/C15H19ClFN3O3/c1-15(2,3)23-14(22)20-8-9(17)7-10(20)13(21)19-12-6-4-5-11(16)18-12/h4-6,9-10H,7-8H2,1-3H3,(H,18,19,21). The molecule has 1 aliphatic heterocycles. The summed E-state index contributed by atoms with van der Waals surface area (Å²) in [4.78, 5) is 29.5. The van der Waals surface area contributed by atoms with Gasteiger partial charge in [-0.2, -0.15) is 0 Å². The Morgan fingerprint density at radius 3 is 2.74 bits per heavy atom. The van der Waals surface area contributed by atoms with Crippen molar-refractivity contribution in [3.63, 3.8) is 0 Å². The molecule has 0 radical (unpaired) electrons. The second-order valence-corrected chi connectivity index (χ2v) is 6.70. The molecule has 2 heterocycles. The van der Waals surface area contributed by atoms with Gasteiger partial charge in [-0.1, -0.05) is 17.7 Å². The lowest BCUT2D eigenvalue weighted by Gasteiger charge is -2.27. The van der Waals surface area contributed by atoms with Gasteiger partial charge in [0.2, 0.25) is 5.91 Å². The van der Waals surface area contributed by atoms with E-state index in [1.165, 1.54) is 0 Å². The van der Waals surface area contributed by atoms with Gasteiger partial charge in [0.05, 0.1) is 6.54 Å². The summed E-state index contributed by atoms with van der Waals surface area (Å²) >= 11 is 5.76. The van der Waals surface area contributed by atoms with Gasteiger partial charge in [0.1, 0.15) is 28.8 Å². The first-order valence-corrected chi connectivity index (χ1v) is 7.60. The average molecular weight is 344 g/mol. The van der Waals surface area contributed by atoms with Crippen LogP contribution in [-0.4, -0.2) is 46.2 Å². The predicted octanol–water partition coefficient (Wildman–Crippen LogP) is 3.02. The van der Waals surface area contributed by atoms with Crippen molar-refractivity contribution in [3.05, 3.63) is 23.4 Å². The fourth-order valence-corrected chi connectivity index (χ4v) is 2.41. The summed E-state index contributed by atoms with van der Waals surface area (Å²) in [6.07, 6.45) is -2.06. The van der Waals surface area contributed by atoms with Gasteiger partial charge in [-0.3, -0.25) is 9.69 Å². The molecule has 2 unspecified atom stereocenters. The first-order chi connectivity index (χ1) is 10.7. The van der Waals surface area contributed by atoms with Crippen LogP contribution >= 0.6 is 11.6 Å². The number of amides is 2. The molecule has 1 aliphatic rings. The molecule has 2 amide bonds. The summed E-state index contributed by atoms with van der Waals surface area (Å²) in [6.45, 7) is 4.95. The molecule has 1 saturated heterocycles. The number of carbonyl (C=O) groups is 2. The summed E-state index contributed by atoms with van der Waals surface area (Å²) < 4.78 is 18.9. The third kappa shape index (κ3) is 4.79. The van der Waals surface area contributed by atoms with E-state index in [-0.39, 0.29) is 23.9 Å². The topological polar surface area (TPSA) is 71.5 Å². The molecule has 6 nitrogen and oxygen atoms in total. The van der Waals surface area contributed by atoms with Gasteiger partial charge in [-0.05, 0) is 32.9 Å². The Balaban J connectivity index is 2.09. The minimum Gasteiger partial charge on any atom is -0.444 e. The normalized spacial score (nSPS) is 21.2. The zero-order valence-corrected chi connectivity index (χ0v) is 13.9. The molecular formula is C15H19ClFN3O3. The number of likely N-dealkylation sites (tertiary alicyclic amines) is 1. The number of anilines is 1. The van der Waals surface area contributed by atoms with E-state index in [4.69, 9.17) is 16.3 Å². The number of carbonyl (C=O) groups excluding carboxylic acids is 2. The number of hydrogen-bond donors (Lipinski definition) is 1. The predicted molar refractivity (Wildman–Crippen MR) is 84.1 cm³/mol. The number of pyridine rings is 1. The van der Waals surface area contributed by atoms with Crippen LogP contribution in [0, 0.1) is 0 Å². The molecule has 8 heteroatoms. The third-order valence-electron chi connectivity index (χ3n) is 3.15. The summed E-state index contributed by atoms with van der Waals surface area (Å²) in [5, 5.41) is 2.77. The Morgan fingerprint density at radius 1 is 1.43 bits per heavy atom. The van der Waals surface area contributed by atoms with Crippen LogP contribution in [0.2, 0.25) is 5.15 Å². The molecular weight excluding hydrogens is 325 g/mol. The van der Waals surface area contributed by atoms with Crippen molar-refractivity contribution in [3.8, 4) is 0 Å². The van der Waals surface area contributed by atoms with Crippen molar-refractivity contribution in [2.24, 2.45) is 0 Å². The Kier molecular flexibility index (Phi) is 5.09. The Hall–Kier alpha value is -1.89. The highest BCUT2D eigenvalue weighted by Crippen LogP contribution is 2.24. The number of hydrogen-bond acceptors (Lipinski definition) is 4.